The lowest BCUT2D eigenvalue weighted by Crippen LogP contribution is -1.89. The van der Waals surface area contributed by atoms with Crippen molar-refractivity contribution < 1.29 is 5.11 Å². The van der Waals surface area contributed by atoms with Crippen LogP contribution in [0.5, 0.6) is 0 Å². The lowest BCUT2D eigenvalue weighted by atomic mass is 9.95. The Labute approximate surface area is 117 Å². The Balaban J connectivity index is 2.28. The molecule has 0 radical (unpaired) electrons. The smallest absolute Gasteiger partial charge is 0.0991 e. The van der Waals surface area contributed by atoms with Gasteiger partial charge in [0.15, 0.2) is 0 Å². The number of aliphatic hydroxyl groups excluding tert-OH is 1. The highest BCUT2D eigenvalue weighted by molar-refractivity contribution is 5.96. The van der Waals surface area contributed by atoms with E-state index in [1.165, 1.54) is 0 Å². The van der Waals surface area contributed by atoms with Crippen LogP contribution >= 0.6 is 0 Å². The van der Waals surface area contributed by atoms with Gasteiger partial charge in [0.25, 0.3) is 0 Å². The molecule has 2 heteroatoms. The van der Waals surface area contributed by atoms with E-state index in [1.807, 2.05) is 36.4 Å². The molecule has 3 aromatic carbocycles. The summed E-state index contributed by atoms with van der Waals surface area (Å²) in [5.41, 5.74) is 3.37. The number of fused-ring (bicyclic) bond motifs is 1. The molecule has 20 heavy (non-hydrogen) atoms. The lowest BCUT2D eigenvalue weighted by molar-refractivity contribution is 0.282. The molecule has 96 valence electrons. The summed E-state index contributed by atoms with van der Waals surface area (Å²) >= 11 is 0. The largest absolute Gasteiger partial charge is 0.392 e. The van der Waals surface area contributed by atoms with Gasteiger partial charge in [-0.1, -0.05) is 42.5 Å². The minimum atomic E-state index is -0.0622. The Morgan fingerprint density at radius 1 is 0.950 bits per heavy atom. The van der Waals surface area contributed by atoms with Crippen LogP contribution in [0.4, 0.5) is 0 Å². The Kier molecular flexibility index (Phi) is 3.20. The van der Waals surface area contributed by atoms with Gasteiger partial charge in [-0.15, -0.1) is 0 Å². The van der Waals surface area contributed by atoms with E-state index in [2.05, 4.69) is 24.3 Å². The van der Waals surface area contributed by atoms with E-state index in [0.717, 1.165) is 27.5 Å². The van der Waals surface area contributed by atoms with E-state index in [1.54, 1.807) is 6.07 Å². The summed E-state index contributed by atoms with van der Waals surface area (Å²) in [5, 5.41) is 20.8. The van der Waals surface area contributed by atoms with Crippen molar-refractivity contribution in [3.63, 3.8) is 0 Å². The molecule has 0 amide bonds. The SMILES string of the molecule is N#Cc1cc(CO)cc(-c2cccc3ccccc23)c1. The normalized spacial score (nSPS) is 10.4. The topological polar surface area (TPSA) is 44.0 Å². The summed E-state index contributed by atoms with van der Waals surface area (Å²) in [4.78, 5) is 0. The summed E-state index contributed by atoms with van der Waals surface area (Å²) in [6, 6.07) is 21.9. The molecule has 0 spiro atoms. The Morgan fingerprint density at radius 3 is 2.55 bits per heavy atom. The van der Waals surface area contributed by atoms with Crippen LogP contribution in [0, 0.1) is 11.3 Å². The molecule has 0 bridgehead atoms. The number of aliphatic hydroxyl groups is 1. The van der Waals surface area contributed by atoms with Gasteiger partial charge in [-0.05, 0) is 45.7 Å². The average Bonchev–Trinajstić information content (AvgIpc) is 2.53. The van der Waals surface area contributed by atoms with Crippen LogP contribution in [0.15, 0.2) is 60.7 Å². The van der Waals surface area contributed by atoms with Crippen LogP contribution in [0.3, 0.4) is 0 Å². The molecule has 0 heterocycles. The second-order valence-electron chi connectivity index (χ2n) is 4.72. The van der Waals surface area contributed by atoms with Crippen LogP contribution in [0.25, 0.3) is 21.9 Å². The zero-order valence-corrected chi connectivity index (χ0v) is 10.9. The Hall–Kier alpha value is -2.63. The van der Waals surface area contributed by atoms with Gasteiger partial charge in [0.05, 0.1) is 18.2 Å². The van der Waals surface area contributed by atoms with E-state index in [-0.39, 0.29) is 6.61 Å². The van der Waals surface area contributed by atoms with Crippen molar-refractivity contribution in [3.8, 4) is 17.2 Å². The Morgan fingerprint density at radius 2 is 1.75 bits per heavy atom. The monoisotopic (exact) mass is 259 g/mol. The minimum absolute atomic E-state index is 0.0622. The zero-order valence-electron chi connectivity index (χ0n) is 10.9. The van der Waals surface area contributed by atoms with Crippen LogP contribution in [-0.4, -0.2) is 5.11 Å². The van der Waals surface area contributed by atoms with E-state index in [4.69, 9.17) is 5.26 Å². The van der Waals surface area contributed by atoms with Gasteiger partial charge in [0, 0.05) is 0 Å². The van der Waals surface area contributed by atoms with Crippen molar-refractivity contribution >= 4 is 10.8 Å². The first-order valence-electron chi connectivity index (χ1n) is 6.45. The number of rotatable bonds is 2. The van der Waals surface area contributed by atoms with Crippen molar-refractivity contribution in [2.45, 2.75) is 6.61 Å². The molecule has 0 aliphatic carbocycles. The maximum atomic E-state index is 9.33. The average molecular weight is 259 g/mol. The first-order chi connectivity index (χ1) is 9.81. The molecule has 0 aromatic heterocycles. The molecule has 0 fully saturated rings. The van der Waals surface area contributed by atoms with Crippen LogP contribution in [0.1, 0.15) is 11.1 Å². The molecule has 3 rings (SSSR count). The van der Waals surface area contributed by atoms with E-state index in [9.17, 15) is 5.11 Å². The summed E-state index contributed by atoms with van der Waals surface area (Å²) in [6.07, 6.45) is 0. The second kappa shape index (κ2) is 5.16. The molecule has 0 saturated heterocycles. The molecule has 0 unspecified atom stereocenters. The van der Waals surface area contributed by atoms with Crippen molar-refractivity contribution in [2.75, 3.05) is 0 Å². The maximum absolute atomic E-state index is 9.33. The van der Waals surface area contributed by atoms with Gasteiger partial charge in [-0.25, -0.2) is 0 Å². The van der Waals surface area contributed by atoms with Gasteiger partial charge in [0.2, 0.25) is 0 Å². The highest BCUT2D eigenvalue weighted by atomic mass is 16.3. The summed E-state index contributed by atoms with van der Waals surface area (Å²) in [5.74, 6) is 0. The number of hydrogen-bond acceptors (Lipinski definition) is 2. The van der Waals surface area contributed by atoms with Crippen molar-refractivity contribution in [3.05, 3.63) is 71.8 Å². The first kappa shape index (κ1) is 12.4. The second-order valence-corrected chi connectivity index (χ2v) is 4.72. The summed E-state index contributed by atoms with van der Waals surface area (Å²) < 4.78 is 0. The predicted molar refractivity (Wildman–Crippen MR) is 80.0 cm³/mol. The third-order valence-corrected chi connectivity index (χ3v) is 3.41. The van der Waals surface area contributed by atoms with Crippen LogP contribution in [-0.2, 0) is 6.61 Å². The van der Waals surface area contributed by atoms with Gasteiger partial charge in [-0.3, -0.25) is 0 Å². The predicted octanol–water partition coefficient (Wildman–Crippen LogP) is 3.87. The third kappa shape index (κ3) is 2.16. The standard InChI is InChI=1S/C18H13NO/c19-11-13-8-14(12-20)10-16(9-13)18-7-3-5-15-4-1-2-6-17(15)18/h1-10,20H,12H2. The van der Waals surface area contributed by atoms with Crippen molar-refractivity contribution in [1.82, 2.24) is 0 Å². The van der Waals surface area contributed by atoms with Gasteiger partial charge >= 0.3 is 0 Å². The lowest BCUT2D eigenvalue weighted by Gasteiger charge is -2.09. The number of hydrogen-bond donors (Lipinski definition) is 1. The van der Waals surface area contributed by atoms with E-state index < -0.39 is 0 Å². The fourth-order valence-electron chi connectivity index (χ4n) is 2.48. The zero-order chi connectivity index (χ0) is 13.9. The molecular formula is C18H13NO. The fourth-order valence-corrected chi connectivity index (χ4v) is 2.48. The number of benzene rings is 3. The van der Waals surface area contributed by atoms with E-state index >= 15 is 0 Å². The maximum Gasteiger partial charge on any atom is 0.0991 e. The van der Waals surface area contributed by atoms with Crippen LogP contribution < -0.4 is 0 Å². The Bertz CT molecular complexity index is 810. The molecule has 0 atom stereocenters. The molecule has 0 aliphatic heterocycles. The molecule has 1 N–H and O–H groups in total. The third-order valence-electron chi connectivity index (χ3n) is 3.41. The van der Waals surface area contributed by atoms with E-state index in [0.29, 0.717) is 5.56 Å². The minimum Gasteiger partial charge on any atom is -0.392 e. The van der Waals surface area contributed by atoms with Gasteiger partial charge in [0.1, 0.15) is 0 Å². The molecule has 3 aromatic rings. The highest BCUT2D eigenvalue weighted by Crippen LogP contribution is 2.29. The fraction of sp³-hybridized carbons (Fsp3) is 0.0556. The van der Waals surface area contributed by atoms with Crippen molar-refractivity contribution in [1.29, 1.82) is 5.26 Å². The molecule has 0 saturated carbocycles. The highest BCUT2D eigenvalue weighted by Gasteiger charge is 2.06. The van der Waals surface area contributed by atoms with Gasteiger partial charge in [-0.2, -0.15) is 5.26 Å². The summed E-state index contributed by atoms with van der Waals surface area (Å²) in [7, 11) is 0. The quantitative estimate of drug-likeness (QED) is 0.759. The van der Waals surface area contributed by atoms with Crippen molar-refractivity contribution in [2.24, 2.45) is 0 Å². The molecule has 2 nitrogen and oxygen atoms in total. The number of nitriles is 1. The number of nitrogens with zero attached hydrogens (tertiary/aromatic N) is 1. The summed E-state index contributed by atoms with van der Waals surface area (Å²) in [6.45, 7) is -0.0622. The molecular weight excluding hydrogens is 246 g/mol. The van der Waals surface area contributed by atoms with Gasteiger partial charge < -0.3 is 5.11 Å². The van der Waals surface area contributed by atoms with Crippen LogP contribution in [0.2, 0.25) is 0 Å². The molecule has 0 aliphatic rings. The first-order valence-corrected chi connectivity index (χ1v) is 6.45.